The van der Waals surface area contributed by atoms with Crippen LogP contribution >= 0.6 is 15.9 Å². The van der Waals surface area contributed by atoms with E-state index in [0.29, 0.717) is 22.3 Å². The number of ether oxygens (including phenoxy) is 2. The van der Waals surface area contributed by atoms with Gasteiger partial charge in [0.1, 0.15) is 16.4 Å². The summed E-state index contributed by atoms with van der Waals surface area (Å²) in [6.45, 7) is 2.16. The molecule has 0 saturated carbocycles. The van der Waals surface area contributed by atoms with Crippen molar-refractivity contribution in [3.05, 3.63) is 76.3 Å². The van der Waals surface area contributed by atoms with Crippen LogP contribution in [-0.2, 0) is 21.2 Å². The zero-order valence-corrected chi connectivity index (χ0v) is 21.3. The Morgan fingerprint density at radius 1 is 1.03 bits per heavy atom. The molecule has 11 heteroatoms. The van der Waals surface area contributed by atoms with Crippen LogP contribution < -0.4 is 19.5 Å². The minimum Gasteiger partial charge on any atom is -0.495 e. The fraction of sp³-hybridized carbons (Fsp3) is 0.167. The Hall–Kier alpha value is -3.57. The number of aliphatic carboxylic acids is 1. The van der Waals surface area contributed by atoms with Gasteiger partial charge in [-0.15, -0.1) is 0 Å². The number of halogens is 1. The van der Waals surface area contributed by atoms with Gasteiger partial charge in [-0.25, -0.2) is 8.42 Å². The smallest absolute Gasteiger partial charge is 0.307 e. The molecule has 0 atom stereocenters. The predicted molar refractivity (Wildman–Crippen MR) is 134 cm³/mol. The molecule has 0 spiro atoms. The number of benzene rings is 3. The van der Waals surface area contributed by atoms with E-state index in [0.717, 1.165) is 0 Å². The van der Waals surface area contributed by atoms with Crippen LogP contribution in [-0.4, -0.2) is 39.1 Å². The molecule has 35 heavy (non-hydrogen) atoms. The van der Waals surface area contributed by atoms with Crippen molar-refractivity contribution in [3.8, 4) is 17.2 Å². The number of hydrogen-bond donors (Lipinski definition) is 3. The summed E-state index contributed by atoms with van der Waals surface area (Å²) in [7, 11) is -2.81. The standard InChI is InChI=1S/C24H23BrN2O7S/c1-3-26-24(30)16-7-9-20(34-18-6-4-5-15(11-18)12-23(28)29)19(13-16)27-35(31,32)22-14-17(25)8-10-21(22)33-2/h4-11,13-14,27H,3,12H2,1-2H3,(H,26,30)(H,28,29). The summed E-state index contributed by atoms with van der Waals surface area (Å²) in [6.07, 6.45) is -0.199. The van der Waals surface area contributed by atoms with Gasteiger partial charge in [0.05, 0.1) is 19.2 Å². The second-order valence-corrected chi connectivity index (χ2v) is 9.86. The summed E-state index contributed by atoms with van der Waals surface area (Å²) in [5.41, 5.74) is 0.743. The quantitative estimate of drug-likeness (QED) is 0.333. The molecule has 0 aromatic heterocycles. The van der Waals surface area contributed by atoms with Crippen LogP contribution in [0.2, 0.25) is 0 Å². The number of methoxy groups -OCH3 is 1. The Labute approximate surface area is 211 Å². The highest BCUT2D eigenvalue weighted by molar-refractivity contribution is 9.10. The number of anilines is 1. The molecule has 3 aromatic carbocycles. The van der Waals surface area contributed by atoms with Crippen LogP contribution in [0.3, 0.4) is 0 Å². The van der Waals surface area contributed by atoms with Crippen molar-refractivity contribution in [1.29, 1.82) is 0 Å². The largest absolute Gasteiger partial charge is 0.495 e. The highest BCUT2D eigenvalue weighted by Gasteiger charge is 2.23. The predicted octanol–water partition coefficient (Wildman–Crippen LogP) is 4.43. The zero-order chi connectivity index (χ0) is 25.6. The topological polar surface area (TPSA) is 131 Å². The second-order valence-electron chi connectivity index (χ2n) is 7.29. The molecule has 3 aromatic rings. The summed E-state index contributed by atoms with van der Waals surface area (Å²) in [5, 5.41) is 11.7. The Kier molecular flexibility index (Phi) is 8.36. The minimum atomic E-state index is -4.17. The van der Waals surface area contributed by atoms with Crippen molar-refractivity contribution in [2.24, 2.45) is 0 Å². The summed E-state index contributed by atoms with van der Waals surface area (Å²) < 4.78 is 40.7. The third-order valence-corrected chi connectivity index (χ3v) is 6.60. The Morgan fingerprint density at radius 3 is 2.46 bits per heavy atom. The number of carboxylic acid groups (broad SMARTS) is 1. The molecule has 0 aliphatic carbocycles. The van der Waals surface area contributed by atoms with E-state index in [9.17, 15) is 18.0 Å². The number of carbonyl (C=O) groups excluding carboxylic acids is 1. The molecule has 0 fully saturated rings. The van der Waals surface area contributed by atoms with E-state index in [1.165, 1.54) is 37.4 Å². The molecule has 1 amide bonds. The van der Waals surface area contributed by atoms with Crippen LogP contribution in [0.5, 0.6) is 17.2 Å². The second kappa shape index (κ2) is 11.2. The first kappa shape index (κ1) is 26.0. The SMILES string of the molecule is CCNC(=O)c1ccc(Oc2cccc(CC(=O)O)c2)c(NS(=O)(=O)c2cc(Br)ccc2OC)c1. The average molecular weight is 563 g/mol. The van der Waals surface area contributed by atoms with Gasteiger partial charge in [-0.1, -0.05) is 28.1 Å². The highest BCUT2D eigenvalue weighted by atomic mass is 79.9. The van der Waals surface area contributed by atoms with Crippen molar-refractivity contribution in [2.45, 2.75) is 18.2 Å². The average Bonchev–Trinajstić information content (AvgIpc) is 2.80. The van der Waals surface area contributed by atoms with E-state index in [4.69, 9.17) is 14.6 Å². The van der Waals surface area contributed by atoms with Crippen LogP contribution in [0, 0.1) is 0 Å². The van der Waals surface area contributed by atoms with Crippen molar-refractivity contribution in [3.63, 3.8) is 0 Å². The lowest BCUT2D eigenvalue weighted by Gasteiger charge is -2.16. The molecule has 3 rings (SSSR count). The number of carboxylic acids is 1. The van der Waals surface area contributed by atoms with Gasteiger partial charge in [-0.05, 0) is 61.0 Å². The molecule has 0 bridgehead atoms. The lowest BCUT2D eigenvalue weighted by Crippen LogP contribution is -2.23. The van der Waals surface area contributed by atoms with Gasteiger partial charge < -0.3 is 19.9 Å². The molecule has 3 N–H and O–H groups in total. The maximum absolute atomic E-state index is 13.3. The number of rotatable bonds is 10. The van der Waals surface area contributed by atoms with Crippen molar-refractivity contribution >= 4 is 43.5 Å². The van der Waals surface area contributed by atoms with Gasteiger partial charge in [-0.3, -0.25) is 14.3 Å². The van der Waals surface area contributed by atoms with Crippen LogP contribution in [0.1, 0.15) is 22.8 Å². The third kappa shape index (κ3) is 6.74. The van der Waals surface area contributed by atoms with Gasteiger partial charge >= 0.3 is 5.97 Å². The Balaban J connectivity index is 2.04. The maximum atomic E-state index is 13.3. The highest BCUT2D eigenvalue weighted by Crippen LogP contribution is 2.35. The van der Waals surface area contributed by atoms with Crippen molar-refractivity contribution in [2.75, 3.05) is 18.4 Å². The number of amides is 1. The lowest BCUT2D eigenvalue weighted by atomic mass is 10.1. The summed E-state index contributed by atoms with van der Waals surface area (Å²) in [4.78, 5) is 23.3. The molecule has 184 valence electrons. The van der Waals surface area contributed by atoms with Gasteiger partial charge in [0.15, 0.2) is 5.75 Å². The van der Waals surface area contributed by atoms with Gasteiger partial charge in [0.25, 0.3) is 15.9 Å². The molecule has 0 unspecified atom stereocenters. The first-order valence-electron chi connectivity index (χ1n) is 10.4. The fourth-order valence-electron chi connectivity index (χ4n) is 3.18. The number of hydrogen-bond acceptors (Lipinski definition) is 6. The zero-order valence-electron chi connectivity index (χ0n) is 18.9. The van der Waals surface area contributed by atoms with E-state index in [1.807, 2.05) is 0 Å². The van der Waals surface area contributed by atoms with Crippen LogP contribution in [0.4, 0.5) is 5.69 Å². The van der Waals surface area contributed by atoms with E-state index in [1.54, 1.807) is 37.3 Å². The van der Waals surface area contributed by atoms with E-state index < -0.39 is 16.0 Å². The van der Waals surface area contributed by atoms with Crippen molar-refractivity contribution < 1.29 is 32.6 Å². The molecular formula is C24H23BrN2O7S. The first-order valence-corrected chi connectivity index (χ1v) is 12.7. The number of nitrogens with one attached hydrogen (secondary N) is 2. The van der Waals surface area contributed by atoms with Crippen LogP contribution in [0.15, 0.2) is 70.0 Å². The normalized spacial score (nSPS) is 10.9. The fourth-order valence-corrected chi connectivity index (χ4v) is 4.95. The molecule has 0 aliphatic rings. The summed E-state index contributed by atoms with van der Waals surface area (Å²) in [6, 6.07) is 15.3. The van der Waals surface area contributed by atoms with Gasteiger partial charge in [0, 0.05) is 16.6 Å². The van der Waals surface area contributed by atoms with E-state index >= 15 is 0 Å². The number of carbonyl (C=O) groups is 2. The molecule has 0 saturated heterocycles. The first-order chi connectivity index (χ1) is 16.6. The van der Waals surface area contributed by atoms with Gasteiger partial charge in [-0.2, -0.15) is 0 Å². The van der Waals surface area contributed by atoms with E-state index in [2.05, 4.69) is 26.0 Å². The minimum absolute atomic E-state index is 0.0134. The maximum Gasteiger partial charge on any atom is 0.307 e. The summed E-state index contributed by atoms with van der Waals surface area (Å²) in [5.74, 6) is -0.838. The van der Waals surface area contributed by atoms with Gasteiger partial charge in [0.2, 0.25) is 0 Å². The molecular weight excluding hydrogens is 540 g/mol. The van der Waals surface area contributed by atoms with Crippen LogP contribution in [0.25, 0.3) is 0 Å². The Bertz CT molecular complexity index is 1360. The summed E-state index contributed by atoms with van der Waals surface area (Å²) >= 11 is 3.27. The van der Waals surface area contributed by atoms with Crippen molar-refractivity contribution in [1.82, 2.24) is 5.32 Å². The monoisotopic (exact) mass is 562 g/mol. The Morgan fingerprint density at radius 2 is 1.77 bits per heavy atom. The molecule has 0 heterocycles. The molecule has 0 aliphatic heterocycles. The lowest BCUT2D eigenvalue weighted by molar-refractivity contribution is -0.136. The molecule has 0 radical (unpaired) electrons. The third-order valence-electron chi connectivity index (χ3n) is 4.72. The molecule has 9 nitrogen and oxygen atoms in total. The number of sulfonamides is 1. The van der Waals surface area contributed by atoms with E-state index in [-0.39, 0.29) is 40.0 Å².